The van der Waals surface area contributed by atoms with E-state index in [9.17, 15) is 4.79 Å². The van der Waals surface area contributed by atoms with Gasteiger partial charge in [0, 0.05) is 27.7 Å². The van der Waals surface area contributed by atoms with Gasteiger partial charge in [-0.1, -0.05) is 65.3 Å². The Labute approximate surface area is 180 Å². The number of aliphatic imine (C=N–C) groups is 1. The average Bonchev–Trinajstić information content (AvgIpc) is 3.43. The van der Waals surface area contributed by atoms with E-state index in [0.29, 0.717) is 15.0 Å². The smallest absolute Gasteiger partial charge is 0.267 e. The van der Waals surface area contributed by atoms with Crippen molar-refractivity contribution >= 4 is 52.8 Å². The van der Waals surface area contributed by atoms with Gasteiger partial charge >= 0.3 is 0 Å². The Kier molecular flexibility index (Phi) is 4.66. The number of amides is 1. The van der Waals surface area contributed by atoms with Crippen molar-refractivity contribution < 1.29 is 4.79 Å². The molecule has 2 aliphatic heterocycles. The lowest BCUT2D eigenvalue weighted by atomic mass is 10.0. The molecule has 0 saturated carbocycles. The number of thioether (sulfide) groups is 1. The summed E-state index contributed by atoms with van der Waals surface area (Å²) in [6.45, 7) is 0. The number of benzene rings is 2. The number of nitrogens with zero attached hydrogens (tertiary/aromatic N) is 5. The summed E-state index contributed by atoms with van der Waals surface area (Å²) in [7, 11) is 0. The van der Waals surface area contributed by atoms with Crippen LogP contribution in [0.3, 0.4) is 0 Å². The summed E-state index contributed by atoms with van der Waals surface area (Å²) >= 11 is 13.9. The summed E-state index contributed by atoms with van der Waals surface area (Å²) in [4.78, 5) is 18.4. The van der Waals surface area contributed by atoms with Crippen molar-refractivity contribution in [2.24, 2.45) is 4.99 Å². The van der Waals surface area contributed by atoms with Gasteiger partial charge in [0.05, 0.1) is 10.6 Å². The summed E-state index contributed by atoms with van der Waals surface area (Å²) in [6.07, 6.45) is 6.79. The van der Waals surface area contributed by atoms with Crippen LogP contribution >= 0.6 is 35.0 Å². The number of aromatic nitrogens is 3. The molecule has 5 rings (SSSR count). The molecule has 2 unspecified atom stereocenters. The predicted molar refractivity (Wildman–Crippen MR) is 115 cm³/mol. The lowest BCUT2D eigenvalue weighted by molar-refractivity contribution is -0.115. The lowest BCUT2D eigenvalue weighted by Crippen LogP contribution is -2.37. The molecule has 0 bridgehead atoms. The highest BCUT2D eigenvalue weighted by molar-refractivity contribution is 8.05. The Bertz CT molecular complexity index is 1160. The topological polar surface area (TPSA) is 63.4 Å². The predicted octanol–water partition coefficient (Wildman–Crippen LogP) is 4.88. The lowest BCUT2D eigenvalue weighted by Gasteiger charge is -2.24. The van der Waals surface area contributed by atoms with Gasteiger partial charge in [-0.15, -0.1) is 10.2 Å². The number of fused-ring (bicyclic) bond motifs is 1. The largest absolute Gasteiger partial charge is 0.280 e. The minimum Gasteiger partial charge on any atom is -0.267 e. The van der Waals surface area contributed by atoms with Crippen LogP contribution in [0.2, 0.25) is 10.0 Å². The van der Waals surface area contributed by atoms with Gasteiger partial charge in [-0.3, -0.25) is 9.79 Å². The van der Waals surface area contributed by atoms with Gasteiger partial charge < -0.3 is 0 Å². The minimum absolute atomic E-state index is 0.0557. The van der Waals surface area contributed by atoms with Gasteiger partial charge in [0.2, 0.25) is 0 Å². The first-order valence-corrected chi connectivity index (χ1v) is 10.4. The summed E-state index contributed by atoms with van der Waals surface area (Å²) in [5, 5.41) is 9.93. The third-order valence-corrected chi connectivity index (χ3v) is 6.57. The molecule has 1 aromatic heterocycles. The maximum absolute atomic E-state index is 13.3. The van der Waals surface area contributed by atoms with E-state index in [1.54, 1.807) is 21.8 Å². The summed E-state index contributed by atoms with van der Waals surface area (Å²) in [5.74, 6) is -0.205. The molecule has 3 aromatic rings. The molecule has 0 aliphatic carbocycles. The van der Waals surface area contributed by atoms with Gasteiger partial charge in [0.25, 0.3) is 5.91 Å². The van der Waals surface area contributed by atoms with Crippen LogP contribution in [-0.2, 0) is 4.79 Å². The number of para-hydroxylation sites is 1. The molecule has 1 amide bonds. The van der Waals surface area contributed by atoms with Crippen molar-refractivity contribution in [2.45, 2.75) is 11.3 Å². The maximum atomic E-state index is 13.3. The highest BCUT2D eigenvalue weighted by atomic mass is 35.5. The van der Waals surface area contributed by atoms with Crippen molar-refractivity contribution in [1.82, 2.24) is 14.9 Å². The summed E-state index contributed by atoms with van der Waals surface area (Å²) in [6, 6.07) is 13.2. The molecule has 3 heterocycles. The minimum atomic E-state index is -0.372. The van der Waals surface area contributed by atoms with Crippen LogP contribution in [-0.4, -0.2) is 27.0 Å². The fourth-order valence-corrected chi connectivity index (χ4v) is 5.28. The second-order valence-corrected chi connectivity index (χ2v) is 8.49. The van der Waals surface area contributed by atoms with Gasteiger partial charge in [-0.25, -0.2) is 9.69 Å². The molecule has 1 fully saturated rings. The number of allylic oxidation sites excluding steroid dienone is 1. The van der Waals surface area contributed by atoms with Gasteiger partial charge in [-0.2, -0.15) is 0 Å². The third kappa shape index (κ3) is 3.25. The molecule has 0 N–H and O–H groups in total. The van der Waals surface area contributed by atoms with Crippen molar-refractivity contribution in [3.8, 4) is 0 Å². The highest BCUT2D eigenvalue weighted by Crippen LogP contribution is 2.48. The van der Waals surface area contributed by atoms with Crippen LogP contribution in [0, 0.1) is 0 Å². The Balaban J connectivity index is 1.56. The second kappa shape index (κ2) is 7.33. The van der Waals surface area contributed by atoms with Crippen LogP contribution < -0.4 is 5.01 Å². The zero-order valence-electron chi connectivity index (χ0n) is 14.8. The van der Waals surface area contributed by atoms with E-state index < -0.39 is 0 Å². The molecule has 9 heteroatoms. The fourth-order valence-electron chi connectivity index (χ4n) is 3.40. The molecule has 2 atom stereocenters. The van der Waals surface area contributed by atoms with E-state index in [1.807, 2.05) is 42.6 Å². The van der Waals surface area contributed by atoms with E-state index >= 15 is 0 Å². The van der Waals surface area contributed by atoms with E-state index in [4.69, 9.17) is 23.2 Å². The van der Waals surface area contributed by atoms with Crippen LogP contribution in [0.5, 0.6) is 0 Å². The monoisotopic (exact) mass is 441 g/mol. The molecule has 0 spiro atoms. The summed E-state index contributed by atoms with van der Waals surface area (Å²) < 4.78 is 1.57. The molecular formula is C20H13Cl2N5OS. The third-order valence-electron chi connectivity index (χ3n) is 4.76. The number of hydrogen-bond acceptors (Lipinski definition) is 5. The standard InChI is InChI=1S/C20H13Cl2N5OS/c21-13-5-6-15(16(22)8-13)20-27(26-10-24-25-11-26)19(28)18(29-20)7-12-9-23-17-4-2-1-3-14(12)17/h1-12,20H/b18-7-. The van der Waals surface area contributed by atoms with Gasteiger partial charge in [0.1, 0.15) is 18.0 Å². The number of carbonyl (C=O) groups is 1. The van der Waals surface area contributed by atoms with Crippen molar-refractivity contribution in [3.63, 3.8) is 0 Å². The number of rotatable bonds is 3. The average molecular weight is 442 g/mol. The molecule has 0 radical (unpaired) electrons. The van der Waals surface area contributed by atoms with Crippen molar-refractivity contribution in [2.75, 3.05) is 5.01 Å². The maximum Gasteiger partial charge on any atom is 0.280 e. The van der Waals surface area contributed by atoms with Crippen LogP contribution in [0.4, 0.5) is 5.69 Å². The van der Waals surface area contributed by atoms with Gasteiger partial charge in [-0.05, 0) is 23.8 Å². The van der Waals surface area contributed by atoms with Crippen molar-refractivity contribution in [3.05, 3.63) is 87.3 Å². The molecular weight excluding hydrogens is 429 g/mol. The van der Waals surface area contributed by atoms with E-state index in [1.165, 1.54) is 24.4 Å². The number of hydrogen-bond donors (Lipinski definition) is 0. The Morgan fingerprint density at radius 1 is 1.03 bits per heavy atom. The normalized spacial score (nSPS) is 21.9. The first kappa shape index (κ1) is 18.4. The van der Waals surface area contributed by atoms with E-state index in [2.05, 4.69) is 15.2 Å². The zero-order chi connectivity index (χ0) is 20.0. The van der Waals surface area contributed by atoms with Gasteiger partial charge in [0.15, 0.2) is 0 Å². The quantitative estimate of drug-likeness (QED) is 0.543. The molecule has 2 aliphatic rings. The summed E-state index contributed by atoms with van der Waals surface area (Å²) in [5.41, 5.74) is 2.79. The fraction of sp³-hybridized carbons (Fsp3) is 0.100. The Hall–Kier alpha value is -2.61. The molecule has 2 aromatic carbocycles. The van der Waals surface area contributed by atoms with Crippen LogP contribution in [0.25, 0.3) is 0 Å². The molecule has 1 saturated heterocycles. The zero-order valence-corrected chi connectivity index (χ0v) is 17.1. The van der Waals surface area contributed by atoms with E-state index in [-0.39, 0.29) is 17.2 Å². The van der Waals surface area contributed by atoms with Crippen molar-refractivity contribution in [1.29, 1.82) is 0 Å². The Morgan fingerprint density at radius 2 is 1.83 bits per heavy atom. The van der Waals surface area contributed by atoms with E-state index in [0.717, 1.165) is 16.8 Å². The SMILES string of the molecule is O=C1/C(=C/C2C=Nc3ccccc32)SC(c2ccc(Cl)cc2Cl)N1n1cnnc1. The first-order chi connectivity index (χ1) is 14.1. The van der Waals surface area contributed by atoms with Crippen LogP contribution in [0.1, 0.15) is 22.4 Å². The number of halogens is 2. The first-order valence-electron chi connectivity index (χ1n) is 8.77. The second-order valence-electron chi connectivity index (χ2n) is 6.52. The number of carbonyl (C=O) groups excluding carboxylic acids is 1. The molecule has 29 heavy (non-hydrogen) atoms. The molecule has 6 nitrogen and oxygen atoms in total. The Morgan fingerprint density at radius 3 is 2.62 bits per heavy atom. The van der Waals surface area contributed by atoms with Crippen LogP contribution in [0.15, 0.2) is 71.1 Å². The highest BCUT2D eigenvalue weighted by Gasteiger charge is 2.40. The molecule has 144 valence electrons.